The van der Waals surface area contributed by atoms with Gasteiger partial charge in [0.2, 0.25) is 0 Å². The van der Waals surface area contributed by atoms with Crippen molar-refractivity contribution in [3.8, 4) is 0 Å². The predicted molar refractivity (Wildman–Crippen MR) is 65.4 cm³/mol. The maximum atomic E-state index is 5.68. The molecule has 4 heteroatoms. The van der Waals surface area contributed by atoms with Crippen molar-refractivity contribution < 1.29 is 0 Å². The quantitative estimate of drug-likeness (QED) is 0.832. The molecule has 1 saturated heterocycles. The van der Waals surface area contributed by atoms with Crippen molar-refractivity contribution in [3.63, 3.8) is 0 Å². The molecule has 0 radical (unpaired) electrons. The number of hydrogen-bond donors (Lipinski definition) is 1. The van der Waals surface area contributed by atoms with Crippen molar-refractivity contribution in [2.75, 3.05) is 24.5 Å². The number of piperidine rings is 1. The zero-order valence-electron chi connectivity index (χ0n) is 9.89. The van der Waals surface area contributed by atoms with Crippen molar-refractivity contribution in [1.82, 2.24) is 10.2 Å². The second kappa shape index (κ2) is 5.25. The van der Waals surface area contributed by atoms with Crippen LogP contribution in [0.3, 0.4) is 0 Å². The number of aromatic nitrogens is 2. The highest BCUT2D eigenvalue weighted by Crippen LogP contribution is 2.20. The highest BCUT2D eigenvalue weighted by molar-refractivity contribution is 5.37. The van der Waals surface area contributed by atoms with Crippen LogP contribution in [0.2, 0.25) is 0 Å². The first-order chi connectivity index (χ1) is 7.83. The van der Waals surface area contributed by atoms with E-state index >= 15 is 0 Å². The van der Waals surface area contributed by atoms with Gasteiger partial charge in [-0.3, -0.25) is 0 Å². The van der Waals surface area contributed by atoms with E-state index in [9.17, 15) is 0 Å². The fraction of sp³-hybridized carbons (Fsp3) is 0.667. The molecule has 1 aromatic rings. The standard InChI is InChI=1S/C12H20N4/c1-2-11-3-4-12(15-14-11)16-7-5-10(9-13)6-8-16/h3-4,10H,2,5-9,13H2,1H3. The normalized spacial score (nSPS) is 17.8. The van der Waals surface area contributed by atoms with E-state index in [-0.39, 0.29) is 0 Å². The first kappa shape index (κ1) is 11.3. The fourth-order valence-electron chi connectivity index (χ4n) is 2.11. The average Bonchev–Trinajstić information content (AvgIpc) is 2.39. The zero-order chi connectivity index (χ0) is 11.4. The van der Waals surface area contributed by atoms with Gasteiger partial charge >= 0.3 is 0 Å². The lowest BCUT2D eigenvalue weighted by Gasteiger charge is -2.31. The van der Waals surface area contributed by atoms with E-state index in [2.05, 4.69) is 34.2 Å². The molecule has 0 atom stereocenters. The number of nitrogens with two attached hydrogens (primary N) is 1. The number of rotatable bonds is 3. The molecule has 2 rings (SSSR count). The van der Waals surface area contributed by atoms with Crippen LogP contribution in [0.5, 0.6) is 0 Å². The largest absolute Gasteiger partial charge is 0.355 e. The minimum atomic E-state index is 0.694. The van der Waals surface area contributed by atoms with E-state index in [0.717, 1.165) is 37.6 Å². The van der Waals surface area contributed by atoms with Crippen molar-refractivity contribution in [2.24, 2.45) is 11.7 Å². The molecule has 16 heavy (non-hydrogen) atoms. The summed E-state index contributed by atoms with van der Waals surface area (Å²) in [5.41, 5.74) is 6.73. The SMILES string of the molecule is CCc1ccc(N2CCC(CN)CC2)nn1. The van der Waals surface area contributed by atoms with Gasteiger partial charge in [-0.05, 0) is 43.9 Å². The lowest BCUT2D eigenvalue weighted by Crippen LogP contribution is -2.36. The fourth-order valence-corrected chi connectivity index (χ4v) is 2.11. The minimum Gasteiger partial charge on any atom is -0.355 e. The predicted octanol–water partition coefficient (Wildman–Crippen LogP) is 1.21. The first-order valence-corrected chi connectivity index (χ1v) is 6.11. The van der Waals surface area contributed by atoms with Crippen molar-refractivity contribution in [2.45, 2.75) is 26.2 Å². The summed E-state index contributed by atoms with van der Waals surface area (Å²) in [5.74, 6) is 1.70. The molecule has 1 aliphatic rings. The molecule has 0 bridgehead atoms. The van der Waals surface area contributed by atoms with Crippen LogP contribution in [-0.4, -0.2) is 29.8 Å². The van der Waals surface area contributed by atoms with Gasteiger partial charge in [0, 0.05) is 13.1 Å². The van der Waals surface area contributed by atoms with Crippen molar-refractivity contribution in [1.29, 1.82) is 0 Å². The third-order valence-corrected chi connectivity index (χ3v) is 3.34. The summed E-state index contributed by atoms with van der Waals surface area (Å²) >= 11 is 0. The Morgan fingerprint density at radius 1 is 1.31 bits per heavy atom. The third kappa shape index (κ3) is 2.50. The number of nitrogens with zero attached hydrogens (tertiary/aromatic N) is 3. The highest BCUT2D eigenvalue weighted by Gasteiger charge is 2.18. The Morgan fingerprint density at radius 2 is 2.06 bits per heavy atom. The smallest absolute Gasteiger partial charge is 0.151 e. The lowest BCUT2D eigenvalue weighted by atomic mass is 9.97. The molecule has 0 aromatic carbocycles. The molecule has 1 aliphatic heterocycles. The summed E-state index contributed by atoms with van der Waals surface area (Å²) in [5, 5.41) is 8.46. The average molecular weight is 220 g/mol. The van der Waals surface area contributed by atoms with Crippen molar-refractivity contribution in [3.05, 3.63) is 17.8 Å². The van der Waals surface area contributed by atoms with Crippen LogP contribution in [-0.2, 0) is 6.42 Å². The Kier molecular flexibility index (Phi) is 3.72. The van der Waals surface area contributed by atoms with Crippen LogP contribution in [0.4, 0.5) is 5.82 Å². The Morgan fingerprint density at radius 3 is 2.56 bits per heavy atom. The van der Waals surface area contributed by atoms with Gasteiger partial charge in [-0.1, -0.05) is 6.92 Å². The molecule has 0 spiro atoms. The number of anilines is 1. The summed E-state index contributed by atoms with van der Waals surface area (Å²) in [7, 11) is 0. The van der Waals surface area contributed by atoms with E-state index in [1.807, 2.05) is 0 Å². The summed E-state index contributed by atoms with van der Waals surface area (Å²) in [6.45, 7) is 5.02. The number of hydrogen-bond acceptors (Lipinski definition) is 4. The molecule has 88 valence electrons. The molecule has 2 N–H and O–H groups in total. The van der Waals surface area contributed by atoms with Crippen LogP contribution in [0.25, 0.3) is 0 Å². The molecule has 4 nitrogen and oxygen atoms in total. The van der Waals surface area contributed by atoms with Crippen LogP contribution >= 0.6 is 0 Å². The van der Waals surface area contributed by atoms with Gasteiger partial charge in [0.1, 0.15) is 0 Å². The molecular weight excluding hydrogens is 200 g/mol. The van der Waals surface area contributed by atoms with Crippen molar-refractivity contribution >= 4 is 5.82 Å². The summed E-state index contributed by atoms with van der Waals surface area (Å²) in [6.07, 6.45) is 3.30. The minimum absolute atomic E-state index is 0.694. The van der Waals surface area contributed by atoms with Gasteiger partial charge in [0.25, 0.3) is 0 Å². The summed E-state index contributed by atoms with van der Waals surface area (Å²) in [4.78, 5) is 2.30. The molecule has 0 saturated carbocycles. The molecule has 0 aliphatic carbocycles. The van der Waals surface area contributed by atoms with E-state index in [1.54, 1.807) is 0 Å². The molecule has 0 unspecified atom stereocenters. The van der Waals surface area contributed by atoms with Gasteiger partial charge in [-0.15, -0.1) is 5.10 Å². The molecule has 1 fully saturated rings. The van der Waals surface area contributed by atoms with Gasteiger partial charge in [-0.2, -0.15) is 5.10 Å². The second-order valence-electron chi connectivity index (χ2n) is 4.40. The van der Waals surface area contributed by atoms with Crippen LogP contribution in [0.15, 0.2) is 12.1 Å². The number of aryl methyl sites for hydroxylation is 1. The molecular formula is C12H20N4. The van der Waals surface area contributed by atoms with Gasteiger partial charge in [-0.25, -0.2) is 0 Å². The van der Waals surface area contributed by atoms with Gasteiger partial charge < -0.3 is 10.6 Å². The van der Waals surface area contributed by atoms with E-state index < -0.39 is 0 Å². The monoisotopic (exact) mass is 220 g/mol. The Balaban J connectivity index is 1.97. The molecule has 2 heterocycles. The maximum Gasteiger partial charge on any atom is 0.151 e. The Bertz CT molecular complexity index is 314. The zero-order valence-corrected chi connectivity index (χ0v) is 9.89. The lowest BCUT2D eigenvalue weighted by molar-refractivity contribution is 0.412. The Labute approximate surface area is 96.9 Å². The van der Waals surface area contributed by atoms with E-state index in [4.69, 9.17) is 5.73 Å². The highest BCUT2D eigenvalue weighted by atomic mass is 15.3. The van der Waals surface area contributed by atoms with Crippen LogP contribution in [0, 0.1) is 5.92 Å². The molecule has 0 amide bonds. The van der Waals surface area contributed by atoms with E-state index in [1.165, 1.54) is 12.8 Å². The van der Waals surface area contributed by atoms with Gasteiger partial charge in [0.05, 0.1) is 5.69 Å². The summed E-state index contributed by atoms with van der Waals surface area (Å²) < 4.78 is 0. The topological polar surface area (TPSA) is 55.0 Å². The Hall–Kier alpha value is -1.16. The molecule has 1 aromatic heterocycles. The van der Waals surface area contributed by atoms with Crippen LogP contribution < -0.4 is 10.6 Å². The third-order valence-electron chi connectivity index (χ3n) is 3.34. The van der Waals surface area contributed by atoms with Crippen LogP contribution in [0.1, 0.15) is 25.5 Å². The second-order valence-corrected chi connectivity index (χ2v) is 4.40. The van der Waals surface area contributed by atoms with Gasteiger partial charge in [0.15, 0.2) is 5.82 Å². The summed E-state index contributed by atoms with van der Waals surface area (Å²) in [6, 6.07) is 4.14. The maximum absolute atomic E-state index is 5.68. The first-order valence-electron chi connectivity index (χ1n) is 6.11. The van der Waals surface area contributed by atoms with E-state index in [0.29, 0.717) is 5.92 Å².